The molecule has 8 aliphatic rings. The normalized spacial score (nSPS) is 82.8. The number of hydrogen-bond donors (Lipinski definition) is 0. The van der Waals surface area contributed by atoms with E-state index in [1.54, 1.807) is 38.5 Å². The molecule has 8 saturated carbocycles. The molecule has 14 unspecified atom stereocenters. The second-order valence-electron chi connectivity index (χ2n) is 10.3. The van der Waals surface area contributed by atoms with Gasteiger partial charge in [-0.25, -0.2) is 0 Å². The maximum Gasteiger partial charge on any atom is -0.0312 e. The number of fused-ring (bicyclic) bond motifs is 19. The van der Waals surface area contributed by atoms with Crippen molar-refractivity contribution in [2.24, 2.45) is 82.9 Å². The Morgan fingerprint density at radius 3 is 0.950 bits per heavy atom. The molecule has 0 aromatic heterocycles. The summed E-state index contributed by atoms with van der Waals surface area (Å²) in [5, 5.41) is 0. The van der Waals surface area contributed by atoms with Crippen molar-refractivity contribution in [3.8, 4) is 0 Å². The summed E-state index contributed by atoms with van der Waals surface area (Å²) in [6, 6.07) is 0. The van der Waals surface area contributed by atoms with Crippen LogP contribution in [0.3, 0.4) is 0 Å². The standard InChI is InChI=1S/C20H26/c1-2-4-8-7(3-1)11-12(8)16-15(11)19-17-13-9-5-6-10(9)14(13)18(17)20(16)19/h7-20H,1-6H2. The third-order valence-electron chi connectivity index (χ3n) is 11.0. The molecular formula is C20H26. The van der Waals surface area contributed by atoms with Gasteiger partial charge < -0.3 is 0 Å². The van der Waals surface area contributed by atoms with Crippen LogP contribution in [0.25, 0.3) is 0 Å². The van der Waals surface area contributed by atoms with Gasteiger partial charge in [-0.3, -0.25) is 0 Å². The van der Waals surface area contributed by atoms with E-state index < -0.39 is 0 Å². The average Bonchev–Trinajstić information content (AvgIpc) is 2.40. The first kappa shape index (κ1) is 9.90. The summed E-state index contributed by atoms with van der Waals surface area (Å²) < 4.78 is 0. The lowest BCUT2D eigenvalue weighted by atomic mass is 9.12. The maximum atomic E-state index is 1.64. The Morgan fingerprint density at radius 1 is 0.300 bits per heavy atom. The molecule has 0 N–H and O–H groups in total. The fourth-order valence-corrected chi connectivity index (χ4v) is 10.7. The highest BCUT2D eigenvalue weighted by Crippen LogP contribution is 2.91. The molecule has 106 valence electrons. The summed E-state index contributed by atoms with van der Waals surface area (Å²) in [4.78, 5) is 0. The molecule has 0 aromatic carbocycles. The smallest absolute Gasteiger partial charge is 0.0312 e. The molecule has 0 saturated heterocycles. The summed E-state index contributed by atoms with van der Waals surface area (Å²) in [5.74, 6) is 18.0. The van der Waals surface area contributed by atoms with E-state index in [1.807, 2.05) is 0 Å². The molecule has 0 aliphatic heterocycles. The summed E-state index contributed by atoms with van der Waals surface area (Å²) in [7, 11) is 0. The van der Waals surface area contributed by atoms with Crippen LogP contribution in [-0.2, 0) is 0 Å². The van der Waals surface area contributed by atoms with E-state index in [0.29, 0.717) is 0 Å². The summed E-state index contributed by atoms with van der Waals surface area (Å²) >= 11 is 0. The second kappa shape index (κ2) is 2.67. The highest BCUT2D eigenvalue weighted by Gasteiger charge is 2.88. The van der Waals surface area contributed by atoms with Crippen LogP contribution in [0.4, 0.5) is 0 Å². The van der Waals surface area contributed by atoms with E-state index in [-0.39, 0.29) is 0 Å². The van der Waals surface area contributed by atoms with Gasteiger partial charge in [0.2, 0.25) is 0 Å². The minimum Gasteiger partial charge on any atom is -0.0530 e. The molecule has 20 heavy (non-hydrogen) atoms. The van der Waals surface area contributed by atoms with Gasteiger partial charge in [-0.1, -0.05) is 12.8 Å². The van der Waals surface area contributed by atoms with Gasteiger partial charge in [-0.05, 0) is 109 Å². The molecular weight excluding hydrogens is 240 g/mol. The highest BCUT2D eigenvalue weighted by molar-refractivity contribution is 5.34. The molecule has 0 bridgehead atoms. The lowest BCUT2D eigenvalue weighted by molar-refractivity contribution is -0.458. The van der Waals surface area contributed by atoms with Gasteiger partial charge in [0.15, 0.2) is 0 Å². The number of hydrogen-bond acceptors (Lipinski definition) is 0. The van der Waals surface area contributed by atoms with E-state index in [4.69, 9.17) is 0 Å². The zero-order chi connectivity index (χ0) is 12.3. The van der Waals surface area contributed by atoms with Crippen LogP contribution in [0.1, 0.15) is 38.5 Å². The molecule has 0 amide bonds. The van der Waals surface area contributed by atoms with Crippen LogP contribution in [-0.4, -0.2) is 0 Å². The van der Waals surface area contributed by atoms with Crippen molar-refractivity contribution in [2.75, 3.05) is 0 Å². The quantitative estimate of drug-likeness (QED) is 0.580. The van der Waals surface area contributed by atoms with E-state index in [9.17, 15) is 0 Å². The lowest BCUT2D eigenvalue weighted by Gasteiger charge is -2.93. The van der Waals surface area contributed by atoms with Crippen LogP contribution < -0.4 is 0 Å². The van der Waals surface area contributed by atoms with Crippen molar-refractivity contribution in [3.63, 3.8) is 0 Å². The van der Waals surface area contributed by atoms with Crippen LogP contribution in [0, 0.1) is 82.9 Å². The monoisotopic (exact) mass is 266 g/mol. The molecule has 0 radical (unpaired) electrons. The predicted octanol–water partition coefficient (Wildman–Crippen LogP) is 4.06. The molecule has 0 heterocycles. The largest absolute Gasteiger partial charge is 0.0530 e. The third kappa shape index (κ3) is 0.672. The minimum atomic E-state index is 1.24. The Balaban J connectivity index is 1.13. The van der Waals surface area contributed by atoms with Crippen LogP contribution in [0.5, 0.6) is 0 Å². The fraction of sp³-hybridized carbons (Fsp3) is 1.00. The molecule has 8 aliphatic carbocycles. The van der Waals surface area contributed by atoms with Crippen molar-refractivity contribution in [2.45, 2.75) is 38.5 Å². The van der Waals surface area contributed by atoms with Gasteiger partial charge in [0.25, 0.3) is 0 Å². The van der Waals surface area contributed by atoms with Gasteiger partial charge in [-0.2, -0.15) is 0 Å². The molecule has 8 rings (SSSR count). The van der Waals surface area contributed by atoms with Gasteiger partial charge in [-0.15, -0.1) is 0 Å². The van der Waals surface area contributed by atoms with Crippen LogP contribution in [0.15, 0.2) is 0 Å². The van der Waals surface area contributed by atoms with Crippen LogP contribution in [0.2, 0.25) is 0 Å². The van der Waals surface area contributed by atoms with E-state index in [1.165, 1.54) is 82.9 Å². The SMILES string of the molecule is C1CCC2C(C1)C1C2C2C1C1C3C4C5CCC5C4C3C21. The predicted molar refractivity (Wildman–Crippen MR) is 76.6 cm³/mol. The Bertz CT molecular complexity index is 452. The third-order valence-corrected chi connectivity index (χ3v) is 11.0. The van der Waals surface area contributed by atoms with Crippen molar-refractivity contribution in [3.05, 3.63) is 0 Å². The first-order valence-corrected chi connectivity index (χ1v) is 9.97. The topological polar surface area (TPSA) is 0 Å². The molecule has 8 fully saturated rings. The molecule has 0 nitrogen and oxygen atoms in total. The van der Waals surface area contributed by atoms with Crippen molar-refractivity contribution in [1.82, 2.24) is 0 Å². The zero-order valence-corrected chi connectivity index (χ0v) is 12.3. The van der Waals surface area contributed by atoms with Gasteiger partial charge in [0.1, 0.15) is 0 Å². The van der Waals surface area contributed by atoms with Crippen LogP contribution >= 0.6 is 0 Å². The van der Waals surface area contributed by atoms with Gasteiger partial charge in [0, 0.05) is 0 Å². The molecule has 0 spiro atoms. The van der Waals surface area contributed by atoms with E-state index >= 15 is 0 Å². The molecule has 14 atom stereocenters. The summed E-state index contributed by atoms with van der Waals surface area (Å²) in [6.45, 7) is 0. The summed E-state index contributed by atoms with van der Waals surface area (Å²) in [6.07, 6.45) is 9.70. The first-order chi connectivity index (χ1) is 9.97. The average molecular weight is 266 g/mol. The first-order valence-electron chi connectivity index (χ1n) is 9.97. The van der Waals surface area contributed by atoms with Crippen molar-refractivity contribution in [1.29, 1.82) is 0 Å². The fourth-order valence-electron chi connectivity index (χ4n) is 10.7. The second-order valence-corrected chi connectivity index (χ2v) is 10.3. The van der Waals surface area contributed by atoms with Gasteiger partial charge in [0.05, 0.1) is 0 Å². The lowest BCUT2D eigenvalue weighted by Crippen LogP contribution is -2.89. The zero-order valence-electron chi connectivity index (χ0n) is 12.3. The van der Waals surface area contributed by atoms with Gasteiger partial charge >= 0.3 is 0 Å². The Kier molecular flexibility index (Phi) is 1.32. The van der Waals surface area contributed by atoms with E-state index in [2.05, 4.69) is 0 Å². The highest BCUT2D eigenvalue weighted by atomic mass is 14.9. The Hall–Kier alpha value is 0. The van der Waals surface area contributed by atoms with E-state index in [0.717, 1.165) is 0 Å². The van der Waals surface area contributed by atoms with Crippen molar-refractivity contribution < 1.29 is 0 Å². The Morgan fingerprint density at radius 2 is 0.600 bits per heavy atom. The van der Waals surface area contributed by atoms with Crippen molar-refractivity contribution >= 4 is 0 Å². The minimum absolute atomic E-state index is 1.24. The number of rotatable bonds is 0. The molecule has 0 aromatic rings. The maximum absolute atomic E-state index is 1.64. The summed E-state index contributed by atoms with van der Waals surface area (Å²) in [5.41, 5.74) is 0. The Labute approximate surface area is 122 Å². The molecule has 0 heteroatoms.